The number of rotatable bonds is 6. The topological polar surface area (TPSA) is 196 Å². The lowest BCUT2D eigenvalue weighted by Crippen LogP contribution is -2.39. The third-order valence-electron chi connectivity index (χ3n) is 3.36. The van der Waals surface area contributed by atoms with Crippen molar-refractivity contribution in [3.05, 3.63) is 72.2 Å². The number of nitro groups is 2. The van der Waals surface area contributed by atoms with E-state index in [0.717, 1.165) is 0 Å². The van der Waals surface area contributed by atoms with Gasteiger partial charge in [-0.2, -0.15) is 0 Å². The summed E-state index contributed by atoms with van der Waals surface area (Å²) in [4.78, 5) is 70.9. The zero-order valence-corrected chi connectivity index (χ0v) is 14.4. The van der Waals surface area contributed by atoms with Gasteiger partial charge in [0.15, 0.2) is 10.3 Å². The molecule has 0 unspecified atom stereocenters. The van der Waals surface area contributed by atoms with E-state index in [2.05, 4.69) is 0 Å². The second-order valence-corrected chi connectivity index (χ2v) is 5.72. The van der Waals surface area contributed by atoms with Crippen molar-refractivity contribution in [3.63, 3.8) is 0 Å². The number of aromatic amines is 2. The SMILES string of the molecule is O=c1[nH]c(Cl)c([N+](=O)[O-])c(=O)n1CCCn1c(=O)[nH]c(Cl)c([N+](=O)[O-])c1=O. The Balaban J connectivity index is 2.37. The molecule has 0 aliphatic carbocycles. The molecule has 16 heteroatoms. The minimum atomic E-state index is -1.28. The maximum Gasteiger partial charge on any atom is 0.369 e. The first kappa shape index (κ1) is 20.1. The Bertz CT molecular complexity index is 1080. The van der Waals surface area contributed by atoms with E-state index in [4.69, 9.17) is 23.2 Å². The average Bonchev–Trinajstić information content (AvgIpc) is 2.51. The van der Waals surface area contributed by atoms with E-state index >= 15 is 0 Å². The van der Waals surface area contributed by atoms with Crippen LogP contribution in [-0.2, 0) is 13.1 Å². The number of halogens is 2. The summed E-state index contributed by atoms with van der Waals surface area (Å²) in [7, 11) is 0. The smallest absolute Gasteiger partial charge is 0.292 e. The summed E-state index contributed by atoms with van der Waals surface area (Å²) in [5.74, 6) is 0. The standard InChI is InChI=1S/C11H8Cl2N6O8/c12-6-4(18(24)25)8(20)16(10(22)14-6)2-1-3-17-9(21)5(19(26)27)7(13)15-11(17)23/h1-3H2,(H,14,22)(H,15,23). The summed E-state index contributed by atoms with van der Waals surface area (Å²) in [5, 5.41) is 20.2. The first-order valence-electron chi connectivity index (χ1n) is 6.90. The maximum atomic E-state index is 12.0. The summed E-state index contributed by atoms with van der Waals surface area (Å²) in [5.41, 5.74) is -6.74. The largest absolute Gasteiger partial charge is 0.369 e. The number of hydrogen-bond acceptors (Lipinski definition) is 8. The van der Waals surface area contributed by atoms with E-state index in [0.29, 0.717) is 9.13 Å². The molecule has 0 bridgehead atoms. The van der Waals surface area contributed by atoms with Gasteiger partial charge in [0.2, 0.25) is 0 Å². The highest BCUT2D eigenvalue weighted by Gasteiger charge is 2.24. The lowest BCUT2D eigenvalue weighted by molar-refractivity contribution is -0.386. The number of H-pyrrole nitrogens is 2. The van der Waals surface area contributed by atoms with Gasteiger partial charge in [-0.05, 0) is 6.42 Å². The number of nitrogens with zero attached hydrogens (tertiary/aromatic N) is 4. The highest BCUT2D eigenvalue weighted by Crippen LogP contribution is 2.15. The molecule has 14 nitrogen and oxygen atoms in total. The Morgan fingerprint density at radius 1 is 0.778 bits per heavy atom. The van der Waals surface area contributed by atoms with Crippen LogP contribution in [0.4, 0.5) is 11.4 Å². The Morgan fingerprint density at radius 2 is 1.11 bits per heavy atom. The number of hydrogen-bond donors (Lipinski definition) is 2. The first-order valence-corrected chi connectivity index (χ1v) is 7.65. The Kier molecular flexibility index (Phi) is 5.61. The lowest BCUT2D eigenvalue weighted by atomic mass is 10.4. The summed E-state index contributed by atoms with van der Waals surface area (Å²) in [6.45, 7) is -0.872. The van der Waals surface area contributed by atoms with Gasteiger partial charge in [-0.1, -0.05) is 23.2 Å². The van der Waals surface area contributed by atoms with Crippen LogP contribution in [0.1, 0.15) is 6.42 Å². The van der Waals surface area contributed by atoms with Gasteiger partial charge in [-0.25, -0.2) is 9.59 Å². The van der Waals surface area contributed by atoms with Gasteiger partial charge in [0, 0.05) is 13.1 Å². The van der Waals surface area contributed by atoms with Crippen LogP contribution in [0, 0.1) is 20.2 Å². The van der Waals surface area contributed by atoms with Crippen molar-refractivity contribution in [3.8, 4) is 0 Å². The fourth-order valence-corrected chi connectivity index (χ4v) is 2.64. The molecule has 2 heterocycles. The normalized spacial score (nSPS) is 10.7. The minimum absolute atomic E-state index is 0.219. The predicted molar refractivity (Wildman–Crippen MR) is 90.6 cm³/mol. The van der Waals surface area contributed by atoms with Crippen molar-refractivity contribution < 1.29 is 9.85 Å². The third-order valence-corrected chi connectivity index (χ3v) is 3.91. The highest BCUT2D eigenvalue weighted by atomic mass is 35.5. The van der Waals surface area contributed by atoms with E-state index in [-0.39, 0.29) is 6.42 Å². The zero-order valence-electron chi connectivity index (χ0n) is 12.9. The Labute approximate surface area is 155 Å². The van der Waals surface area contributed by atoms with Gasteiger partial charge in [-0.15, -0.1) is 0 Å². The summed E-state index contributed by atoms with van der Waals surface area (Å²) >= 11 is 10.9. The predicted octanol–water partition coefficient (Wildman–Crippen LogP) is -0.400. The Hall–Kier alpha value is -3.26. The first-order chi connectivity index (χ1) is 12.6. The van der Waals surface area contributed by atoms with Gasteiger partial charge < -0.3 is 0 Å². The van der Waals surface area contributed by atoms with Crippen molar-refractivity contribution in [1.82, 2.24) is 19.1 Å². The van der Waals surface area contributed by atoms with Crippen LogP contribution in [0.3, 0.4) is 0 Å². The van der Waals surface area contributed by atoms with Crippen molar-refractivity contribution in [2.24, 2.45) is 0 Å². The molecular formula is C11H8Cl2N6O8. The molecule has 2 rings (SSSR count). The number of aromatic nitrogens is 4. The Morgan fingerprint density at radius 3 is 1.41 bits per heavy atom. The van der Waals surface area contributed by atoms with E-state index in [1.54, 1.807) is 0 Å². The molecule has 0 spiro atoms. The lowest BCUT2D eigenvalue weighted by Gasteiger charge is -2.07. The fourth-order valence-electron chi connectivity index (χ4n) is 2.18. The van der Waals surface area contributed by atoms with Crippen LogP contribution in [0.5, 0.6) is 0 Å². The minimum Gasteiger partial charge on any atom is -0.292 e. The molecule has 0 saturated carbocycles. The molecule has 0 amide bonds. The maximum absolute atomic E-state index is 12.0. The van der Waals surface area contributed by atoms with Crippen LogP contribution in [0.2, 0.25) is 10.3 Å². The molecule has 0 aliphatic heterocycles. The van der Waals surface area contributed by atoms with Gasteiger partial charge in [-0.3, -0.25) is 48.9 Å². The monoisotopic (exact) mass is 422 g/mol. The van der Waals surface area contributed by atoms with Crippen LogP contribution in [0.25, 0.3) is 0 Å². The molecule has 0 saturated heterocycles. The van der Waals surface area contributed by atoms with Crippen molar-refractivity contribution in [2.45, 2.75) is 19.5 Å². The average molecular weight is 423 g/mol. The van der Waals surface area contributed by atoms with Gasteiger partial charge >= 0.3 is 33.9 Å². The highest BCUT2D eigenvalue weighted by molar-refractivity contribution is 6.31. The van der Waals surface area contributed by atoms with E-state index < -0.39 is 67.1 Å². The van der Waals surface area contributed by atoms with Crippen molar-refractivity contribution in [2.75, 3.05) is 0 Å². The summed E-state index contributed by atoms with van der Waals surface area (Å²) < 4.78 is 0.904. The van der Waals surface area contributed by atoms with E-state index in [9.17, 15) is 39.4 Å². The molecule has 0 aliphatic rings. The second kappa shape index (κ2) is 7.55. The molecule has 0 fully saturated rings. The molecule has 27 heavy (non-hydrogen) atoms. The molecular weight excluding hydrogens is 415 g/mol. The third kappa shape index (κ3) is 3.80. The molecule has 2 N–H and O–H groups in total. The second-order valence-electron chi connectivity index (χ2n) is 4.97. The van der Waals surface area contributed by atoms with E-state index in [1.165, 1.54) is 0 Å². The molecule has 144 valence electrons. The van der Waals surface area contributed by atoms with Gasteiger partial charge in [0.25, 0.3) is 0 Å². The summed E-state index contributed by atoms with van der Waals surface area (Å²) in [6.07, 6.45) is -0.219. The van der Waals surface area contributed by atoms with Crippen molar-refractivity contribution >= 4 is 34.6 Å². The van der Waals surface area contributed by atoms with Crippen LogP contribution >= 0.6 is 23.2 Å². The fraction of sp³-hybridized carbons (Fsp3) is 0.273. The molecule has 0 radical (unpaired) electrons. The quantitative estimate of drug-likeness (QED) is 0.355. The summed E-state index contributed by atoms with van der Waals surface area (Å²) in [6, 6.07) is 0. The van der Waals surface area contributed by atoms with Crippen LogP contribution in [0.15, 0.2) is 19.2 Å². The molecule has 2 aromatic rings. The van der Waals surface area contributed by atoms with Crippen LogP contribution in [-0.4, -0.2) is 28.9 Å². The zero-order chi connectivity index (χ0) is 20.5. The van der Waals surface area contributed by atoms with Gasteiger partial charge in [0.05, 0.1) is 9.85 Å². The van der Waals surface area contributed by atoms with Gasteiger partial charge in [0.1, 0.15) is 0 Å². The van der Waals surface area contributed by atoms with Crippen LogP contribution < -0.4 is 22.5 Å². The molecule has 2 aromatic heterocycles. The molecule has 0 aromatic carbocycles. The van der Waals surface area contributed by atoms with E-state index in [1.807, 2.05) is 9.97 Å². The number of nitrogens with one attached hydrogen (secondary N) is 2. The van der Waals surface area contributed by atoms with Crippen molar-refractivity contribution in [1.29, 1.82) is 0 Å². The molecule has 0 atom stereocenters.